The SMILES string of the molecule is Nc1c(C(=O)NCC2CCCO2)c2nc3ccccc3nc2n1-c1ccc(S(N)(=O)=O)cc1. The molecule has 0 aliphatic carbocycles. The van der Waals surface area contributed by atoms with Crippen LogP contribution >= 0.6 is 0 Å². The molecule has 1 aliphatic heterocycles. The number of nitrogens with two attached hydrogens (primary N) is 2. The molecule has 1 atom stereocenters. The maximum atomic E-state index is 13.2. The van der Waals surface area contributed by atoms with Crippen LogP contribution in [-0.4, -0.2) is 48.1 Å². The first-order chi connectivity index (χ1) is 15.8. The van der Waals surface area contributed by atoms with Gasteiger partial charge in [0.15, 0.2) is 5.65 Å². The van der Waals surface area contributed by atoms with Crippen molar-refractivity contribution in [3.63, 3.8) is 0 Å². The molecule has 1 amide bonds. The van der Waals surface area contributed by atoms with Gasteiger partial charge in [-0.25, -0.2) is 23.5 Å². The number of hydrogen-bond donors (Lipinski definition) is 3. The zero-order chi connectivity index (χ0) is 23.2. The van der Waals surface area contributed by atoms with Crippen molar-refractivity contribution in [3.8, 4) is 5.69 Å². The van der Waals surface area contributed by atoms with Crippen LogP contribution in [0.15, 0.2) is 53.4 Å². The van der Waals surface area contributed by atoms with Crippen molar-refractivity contribution in [2.24, 2.45) is 5.14 Å². The zero-order valence-corrected chi connectivity index (χ0v) is 18.4. The molecule has 0 spiro atoms. The summed E-state index contributed by atoms with van der Waals surface area (Å²) >= 11 is 0. The Kier molecular flexibility index (Phi) is 5.23. The lowest BCUT2D eigenvalue weighted by molar-refractivity contribution is 0.0859. The van der Waals surface area contributed by atoms with Crippen LogP contribution < -0.4 is 16.2 Å². The van der Waals surface area contributed by atoms with Crippen LogP contribution in [-0.2, 0) is 14.8 Å². The number of aromatic nitrogens is 3. The molecule has 1 unspecified atom stereocenters. The topological polar surface area (TPSA) is 155 Å². The smallest absolute Gasteiger partial charge is 0.257 e. The van der Waals surface area contributed by atoms with Gasteiger partial charge < -0.3 is 15.8 Å². The molecule has 1 fully saturated rings. The van der Waals surface area contributed by atoms with Crippen molar-refractivity contribution in [1.82, 2.24) is 19.9 Å². The summed E-state index contributed by atoms with van der Waals surface area (Å²) in [5.41, 5.74) is 9.19. The summed E-state index contributed by atoms with van der Waals surface area (Å²) in [6.45, 7) is 1.06. The molecule has 0 radical (unpaired) electrons. The number of amides is 1. The second-order valence-electron chi connectivity index (χ2n) is 7.86. The van der Waals surface area contributed by atoms with Crippen LogP contribution in [0.1, 0.15) is 23.2 Å². The number of anilines is 1. The van der Waals surface area contributed by atoms with Crippen molar-refractivity contribution < 1.29 is 17.9 Å². The normalized spacial score (nSPS) is 16.5. The Morgan fingerprint density at radius 3 is 2.45 bits per heavy atom. The number of carbonyl (C=O) groups is 1. The third-order valence-electron chi connectivity index (χ3n) is 5.66. The summed E-state index contributed by atoms with van der Waals surface area (Å²) in [5.74, 6) is -0.231. The predicted octanol–water partition coefficient (Wildman–Crippen LogP) is 1.71. The van der Waals surface area contributed by atoms with Crippen LogP contribution in [0, 0.1) is 0 Å². The number of nitrogen functional groups attached to an aromatic ring is 1. The molecule has 1 aliphatic rings. The van der Waals surface area contributed by atoms with Crippen LogP contribution in [0.2, 0.25) is 0 Å². The summed E-state index contributed by atoms with van der Waals surface area (Å²) in [6, 6.07) is 13.2. The first-order valence-corrected chi connectivity index (χ1v) is 12.0. The Labute approximate surface area is 189 Å². The van der Waals surface area contributed by atoms with E-state index in [1.54, 1.807) is 16.7 Å². The highest BCUT2D eigenvalue weighted by atomic mass is 32.2. The highest BCUT2D eigenvalue weighted by molar-refractivity contribution is 7.89. The summed E-state index contributed by atoms with van der Waals surface area (Å²) < 4.78 is 30.5. The van der Waals surface area contributed by atoms with E-state index < -0.39 is 10.0 Å². The van der Waals surface area contributed by atoms with Gasteiger partial charge >= 0.3 is 0 Å². The molecule has 5 rings (SSSR count). The standard InChI is InChI=1S/C22H22N6O4S/c23-20-18(22(29)25-12-14-4-3-11-32-14)19-21(27-17-6-2-1-5-16(17)26-19)28(20)13-7-9-15(10-8-13)33(24,30)31/h1-2,5-10,14H,3-4,11-12,23H2,(H,25,29)(H2,24,30,31). The largest absolute Gasteiger partial charge is 0.384 e. The number of carbonyl (C=O) groups excluding carboxylic acids is 1. The third-order valence-corrected chi connectivity index (χ3v) is 6.59. The second-order valence-corrected chi connectivity index (χ2v) is 9.43. The predicted molar refractivity (Wildman–Crippen MR) is 123 cm³/mol. The minimum Gasteiger partial charge on any atom is -0.384 e. The Morgan fingerprint density at radius 2 is 1.82 bits per heavy atom. The Balaban J connectivity index is 1.65. The minimum atomic E-state index is -3.85. The van der Waals surface area contributed by atoms with E-state index in [1.807, 2.05) is 24.3 Å². The fourth-order valence-electron chi connectivity index (χ4n) is 4.03. The lowest BCUT2D eigenvalue weighted by atomic mass is 10.2. The number of ether oxygens (including phenoxy) is 1. The zero-order valence-electron chi connectivity index (χ0n) is 17.6. The average molecular weight is 467 g/mol. The Morgan fingerprint density at radius 1 is 1.12 bits per heavy atom. The van der Waals surface area contributed by atoms with E-state index in [1.165, 1.54) is 12.1 Å². The van der Waals surface area contributed by atoms with E-state index in [4.69, 9.17) is 20.6 Å². The van der Waals surface area contributed by atoms with Crippen molar-refractivity contribution in [3.05, 3.63) is 54.1 Å². The van der Waals surface area contributed by atoms with Gasteiger partial charge in [-0.15, -0.1) is 0 Å². The molecule has 0 saturated carbocycles. The fourth-order valence-corrected chi connectivity index (χ4v) is 4.55. The molecule has 1 saturated heterocycles. The summed E-state index contributed by atoms with van der Waals surface area (Å²) in [6.07, 6.45) is 1.83. The molecular weight excluding hydrogens is 444 g/mol. The molecule has 3 heterocycles. The lowest BCUT2D eigenvalue weighted by Crippen LogP contribution is -2.32. The number of sulfonamides is 1. The maximum absolute atomic E-state index is 13.2. The number of para-hydroxylation sites is 2. The van der Waals surface area contributed by atoms with E-state index in [9.17, 15) is 13.2 Å². The molecule has 10 nitrogen and oxygen atoms in total. The lowest BCUT2D eigenvalue weighted by Gasteiger charge is -2.11. The number of hydrogen-bond acceptors (Lipinski definition) is 7. The van der Waals surface area contributed by atoms with Crippen LogP contribution in [0.5, 0.6) is 0 Å². The quantitative estimate of drug-likeness (QED) is 0.404. The van der Waals surface area contributed by atoms with Crippen LogP contribution in [0.4, 0.5) is 5.82 Å². The molecule has 11 heteroatoms. The average Bonchev–Trinajstić information content (AvgIpc) is 3.41. The molecule has 5 N–H and O–H groups in total. The fraction of sp³-hybridized carbons (Fsp3) is 0.227. The van der Waals surface area contributed by atoms with Gasteiger partial charge in [0.1, 0.15) is 16.9 Å². The number of benzene rings is 2. The van der Waals surface area contributed by atoms with Crippen molar-refractivity contribution in [2.45, 2.75) is 23.8 Å². The van der Waals surface area contributed by atoms with E-state index in [-0.39, 0.29) is 28.3 Å². The van der Waals surface area contributed by atoms with E-state index >= 15 is 0 Å². The van der Waals surface area contributed by atoms with Gasteiger partial charge in [0.2, 0.25) is 10.0 Å². The number of nitrogens with zero attached hydrogens (tertiary/aromatic N) is 3. The number of fused-ring (bicyclic) bond motifs is 2. The summed E-state index contributed by atoms with van der Waals surface area (Å²) in [7, 11) is -3.85. The second kappa shape index (κ2) is 8.10. The van der Waals surface area contributed by atoms with Gasteiger partial charge in [0.05, 0.1) is 22.0 Å². The van der Waals surface area contributed by atoms with E-state index in [0.29, 0.717) is 41.0 Å². The summed E-state index contributed by atoms with van der Waals surface area (Å²) in [4.78, 5) is 22.5. The van der Waals surface area contributed by atoms with Crippen molar-refractivity contribution >= 4 is 43.9 Å². The van der Waals surface area contributed by atoms with E-state index in [2.05, 4.69) is 10.3 Å². The molecule has 0 bridgehead atoms. The first-order valence-electron chi connectivity index (χ1n) is 10.4. The van der Waals surface area contributed by atoms with E-state index in [0.717, 1.165) is 12.8 Å². The van der Waals surface area contributed by atoms with Gasteiger partial charge in [-0.3, -0.25) is 9.36 Å². The highest BCUT2D eigenvalue weighted by Gasteiger charge is 2.26. The van der Waals surface area contributed by atoms with Gasteiger partial charge in [-0.1, -0.05) is 12.1 Å². The molecule has 2 aromatic heterocycles. The molecule has 33 heavy (non-hydrogen) atoms. The third kappa shape index (κ3) is 3.90. The first kappa shape index (κ1) is 21.3. The Bertz CT molecular complexity index is 1470. The Hall–Kier alpha value is -3.54. The molecular formula is C22H22N6O4S. The highest BCUT2D eigenvalue weighted by Crippen LogP contribution is 2.31. The monoisotopic (exact) mass is 466 g/mol. The number of rotatable bonds is 5. The molecule has 2 aromatic carbocycles. The minimum absolute atomic E-state index is 0.0267. The molecule has 4 aromatic rings. The van der Waals surface area contributed by atoms with Crippen molar-refractivity contribution in [2.75, 3.05) is 18.9 Å². The summed E-state index contributed by atoms with van der Waals surface area (Å²) in [5, 5.41) is 8.11. The number of primary sulfonamides is 1. The van der Waals surface area contributed by atoms with Gasteiger partial charge in [-0.05, 0) is 49.2 Å². The van der Waals surface area contributed by atoms with Crippen LogP contribution in [0.25, 0.3) is 27.9 Å². The molecule has 170 valence electrons. The van der Waals surface area contributed by atoms with Crippen LogP contribution in [0.3, 0.4) is 0 Å². The number of nitrogens with one attached hydrogen (secondary N) is 1. The van der Waals surface area contributed by atoms with Crippen molar-refractivity contribution in [1.29, 1.82) is 0 Å². The van der Waals surface area contributed by atoms with Gasteiger partial charge in [0, 0.05) is 18.8 Å². The van der Waals surface area contributed by atoms with Gasteiger partial charge in [-0.2, -0.15) is 0 Å². The van der Waals surface area contributed by atoms with Gasteiger partial charge in [0.25, 0.3) is 5.91 Å². The maximum Gasteiger partial charge on any atom is 0.257 e.